The molecule has 0 fully saturated rings. The van der Waals surface area contributed by atoms with Crippen LogP contribution in [0.25, 0.3) is 0 Å². The van der Waals surface area contributed by atoms with Crippen molar-refractivity contribution >= 4 is 11.6 Å². The van der Waals surface area contributed by atoms with Gasteiger partial charge in [-0.2, -0.15) is 0 Å². The summed E-state index contributed by atoms with van der Waals surface area (Å²) in [6.07, 6.45) is 6.80. The van der Waals surface area contributed by atoms with Gasteiger partial charge in [0.2, 0.25) is 0 Å². The van der Waals surface area contributed by atoms with Gasteiger partial charge < -0.3 is 4.98 Å². The average molecular weight is 268 g/mol. The van der Waals surface area contributed by atoms with Crippen LogP contribution in [0.3, 0.4) is 0 Å². The summed E-state index contributed by atoms with van der Waals surface area (Å²) in [5, 5.41) is 0.646. The normalized spacial score (nSPS) is 16.9. The van der Waals surface area contributed by atoms with Gasteiger partial charge in [0.05, 0.1) is 5.69 Å². The number of imidazole rings is 1. The van der Waals surface area contributed by atoms with E-state index >= 15 is 0 Å². The van der Waals surface area contributed by atoms with Crippen LogP contribution < -0.4 is 0 Å². The SMILES string of the molecule is CCCCc1nc(Cl)c(CN2CC=C(C)CC2)[nH]1. The molecule has 0 aliphatic carbocycles. The molecule has 2 rings (SSSR count). The van der Waals surface area contributed by atoms with E-state index in [1.165, 1.54) is 12.0 Å². The fraction of sp³-hybridized carbons (Fsp3) is 0.643. The van der Waals surface area contributed by atoms with Crippen LogP contribution in [-0.4, -0.2) is 28.0 Å². The summed E-state index contributed by atoms with van der Waals surface area (Å²) in [5.41, 5.74) is 2.56. The standard InChI is InChI=1S/C14H22ClN3/c1-3-4-5-13-16-12(14(15)17-13)10-18-8-6-11(2)7-9-18/h6H,3-5,7-10H2,1-2H3,(H,16,17). The van der Waals surface area contributed by atoms with Crippen LogP contribution in [0.4, 0.5) is 0 Å². The zero-order chi connectivity index (χ0) is 13.0. The first-order chi connectivity index (χ1) is 8.69. The van der Waals surface area contributed by atoms with Crippen molar-refractivity contribution in [2.45, 2.75) is 46.1 Å². The molecule has 0 saturated heterocycles. The molecule has 0 amide bonds. The minimum atomic E-state index is 0.646. The van der Waals surface area contributed by atoms with Gasteiger partial charge in [-0.3, -0.25) is 4.90 Å². The molecule has 0 radical (unpaired) electrons. The number of aromatic nitrogens is 2. The van der Waals surface area contributed by atoms with Gasteiger partial charge >= 0.3 is 0 Å². The lowest BCUT2D eigenvalue weighted by Gasteiger charge is -2.24. The van der Waals surface area contributed by atoms with E-state index in [4.69, 9.17) is 11.6 Å². The van der Waals surface area contributed by atoms with Crippen LogP contribution in [0.5, 0.6) is 0 Å². The summed E-state index contributed by atoms with van der Waals surface area (Å²) in [6, 6.07) is 0. The van der Waals surface area contributed by atoms with Crippen molar-refractivity contribution in [1.29, 1.82) is 0 Å². The summed E-state index contributed by atoms with van der Waals surface area (Å²) < 4.78 is 0. The minimum absolute atomic E-state index is 0.646. The van der Waals surface area contributed by atoms with Gasteiger partial charge in [-0.1, -0.05) is 36.6 Å². The largest absolute Gasteiger partial charge is 0.344 e. The second kappa shape index (κ2) is 6.39. The van der Waals surface area contributed by atoms with Gasteiger partial charge in [0.25, 0.3) is 0 Å². The van der Waals surface area contributed by atoms with Gasteiger partial charge in [0, 0.05) is 26.1 Å². The molecular weight excluding hydrogens is 246 g/mol. The number of aromatic amines is 1. The molecule has 0 atom stereocenters. The van der Waals surface area contributed by atoms with Gasteiger partial charge in [0.1, 0.15) is 5.82 Å². The van der Waals surface area contributed by atoms with Crippen molar-refractivity contribution < 1.29 is 0 Å². The Balaban J connectivity index is 1.94. The van der Waals surface area contributed by atoms with Gasteiger partial charge in [-0.25, -0.2) is 4.98 Å². The number of unbranched alkanes of at least 4 members (excludes halogenated alkanes) is 1. The number of hydrogen-bond acceptors (Lipinski definition) is 2. The molecular formula is C14H22ClN3. The van der Waals surface area contributed by atoms with Crippen molar-refractivity contribution in [3.63, 3.8) is 0 Å². The third kappa shape index (κ3) is 3.59. The Kier molecular flexibility index (Phi) is 4.84. The fourth-order valence-corrected chi connectivity index (χ4v) is 2.40. The highest BCUT2D eigenvalue weighted by molar-refractivity contribution is 6.30. The molecule has 3 nitrogen and oxygen atoms in total. The highest BCUT2D eigenvalue weighted by Crippen LogP contribution is 2.18. The first-order valence-corrected chi connectivity index (χ1v) is 7.18. The second-order valence-corrected chi connectivity index (χ2v) is 5.45. The lowest BCUT2D eigenvalue weighted by Crippen LogP contribution is -2.28. The smallest absolute Gasteiger partial charge is 0.151 e. The lowest BCUT2D eigenvalue weighted by atomic mass is 10.1. The molecule has 0 aromatic carbocycles. The Morgan fingerprint density at radius 3 is 3.00 bits per heavy atom. The monoisotopic (exact) mass is 267 g/mol. The first kappa shape index (κ1) is 13.6. The first-order valence-electron chi connectivity index (χ1n) is 6.80. The molecule has 1 aromatic rings. The molecule has 1 aliphatic rings. The highest BCUT2D eigenvalue weighted by Gasteiger charge is 2.14. The quantitative estimate of drug-likeness (QED) is 0.828. The van der Waals surface area contributed by atoms with E-state index in [2.05, 4.69) is 34.8 Å². The van der Waals surface area contributed by atoms with E-state index in [1.54, 1.807) is 0 Å². The summed E-state index contributed by atoms with van der Waals surface area (Å²) in [7, 11) is 0. The zero-order valence-corrected chi connectivity index (χ0v) is 12.1. The molecule has 1 aliphatic heterocycles. The van der Waals surface area contributed by atoms with Crippen LogP contribution >= 0.6 is 11.6 Å². The van der Waals surface area contributed by atoms with E-state index in [9.17, 15) is 0 Å². The molecule has 18 heavy (non-hydrogen) atoms. The maximum atomic E-state index is 6.19. The van der Waals surface area contributed by atoms with Crippen LogP contribution in [0.1, 0.15) is 44.6 Å². The van der Waals surface area contributed by atoms with Crippen molar-refractivity contribution in [2.75, 3.05) is 13.1 Å². The number of rotatable bonds is 5. The number of nitrogens with zero attached hydrogens (tertiary/aromatic N) is 2. The maximum absolute atomic E-state index is 6.19. The lowest BCUT2D eigenvalue weighted by molar-refractivity contribution is 0.283. The highest BCUT2D eigenvalue weighted by atomic mass is 35.5. The summed E-state index contributed by atoms with van der Waals surface area (Å²) in [6.45, 7) is 7.40. The number of halogens is 1. The molecule has 0 spiro atoms. The Hall–Kier alpha value is -0.800. The maximum Gasteiger partial charge on any atom is 0.151 e. The van der Waals surface area contributed by atoms with E-state index in [0.29, 0.717) is 5.15 Å². The Morgan fingerprint density at radius 1 is 1.50 bits per heavy atom. The van der Waals surface area contributed by atoms with Gasteiger partial charge in [-0.15, -0.1) is 0 Å². The number of H-pyrrole nitrogens is 1. The van der Waals surface area contributed by atoms with Crippen LogP contribution in [0, 0.1) is 0 Å². The van der Waals surface area contributed by atoms with E-state index in [1.807, 2.05) is 0 Å². The average Bonchev–Trinajstić information content (AvgIpc) is 2.70. The van der Waals surface area contributed by atoms with Crippen LogP contribution in [0.15, 0.2) is 11.6 Å². The fourth-order valence-electron chi connectivity index (χ4n) is 2.19. The van der Waals surface area contributed by atoms with Gasteiger partial charge in [0.15, 0.2) is 5.15 Å². The molecule has 2 heterocycles. The number of aryl methyl sites for hydroxylation is 1. The van der Waals surface area contributed by atoms with E-state index < -0.39 is 0 Å². The van der Waals surface area contributed by atoms with Crippen molar-refractivity contribution in [2.24, 2.45) is 0 Å². The molecule has 4 heteroatoms. The summed E-state index contributed by atoms with van der Waals surface area (Å²) in [5.74, 6) is 1.03. The molecule has 1 N–H and O–H groups in total. The Labute approximate surface area is 114 Å². The molecule has 0 bridgehead atoms. The zero-order valence-electron chi connectivity index (χ0n) is 11.3. The van der Waals surface area contributed by atoms with E-state index in [-0.39, 0.29) is 0 Å². The van der Waals surface area contributed by atoms with Crippen molar-refractivity contribution in [3.05, 3.63) is 28.3 Å². The predicted molar refractivity (Wildman–Crippen MR) is 75.9 cm³/mol. The number of nitrogens with one attached hydrogen (secondary N) is 1. The van der Waals surface area contributed by atoms with Crippen molar-refractivity contribution in [3.8, 4) is 0 Å². The molecule has 1 aromatic heterocycles. The molecule has 100 valence electrons. The number of hydrogen-bond donors (Lipinski definition) is 1. The van der Waals surface area contributed by atoms with Crippen LogP contribution in [-0.2, 0) is 13.0 Å². The van der Waals surface area contributed by atoms with Gasteiger partial charge in [-0.05, 0) is 19.8 Å². The third-order valence-corrected chi connectivity index (χ3v) is 3.76. The summed E-state index contributed by atoms with van der Waals surface area (Å²) >= 11 is 6.19. The minimum Gasteiger partial charge on any atom is -0.344 e. The molecule has 0 unspecified atom stereocenters. The summed E-state index contributed by atoms with van der Waals surface area (Å²) in [4.78, 5) is 10.2. The van der Waals surface area contributed by atoms with E-state index in [0.717, 1.165) is 50.4 Å². The third-order valence-electron chi connectivity index (χ3n) is 3.45. The predicted octanol–water partition coefficient (Wildman–Crippen LogP) is 3.56. The topological polar surface area (TPSA) is 31.9 Å². The second-order valence-electron chi connectivity index (χ2n) is 5.09. The Morgan fingerprint density at radius 2 is 2.33 bits per heavy atom. The Bertz CT molecular complexity index is 423. The molecule has 0 saturated carbocycles. The van der Waals surface area contributed by atoms with Crippen LogP contribution in [0.2, 0.25) is 5.15 Å². The van der Waals surface area contributed by atoms with Crippen molar-refractivity contribution in [1.82, 2.24) is 14.9 Å².